The molecule has 0 spiro atoms. The molecule has 6 heteroatoms. The van der Waals surface area contributed by atoms with Crippen LogP contribution < -0.4 is 5.32 Å². The largest absolute Gasteiger partial charge is 0.350 e. The van der Waals surface area contributed by atoms with Crippen LogP contribution in [0.5, 0.6) is 0 Å². The molecule has 0 saturated carbocycles. The van der Waals surface area contributed by atoms with E-state index in [0.29, 0.717) is 18.0 Å². The van der Waals surface area contributed by atoms with Crippen molar-refractivity contribution in [2.45, 2.75) is 6.42 Å². The van der Waals surface area contributed by atoms with Crippen molar-refractivity contribution in [2.24, 2.45) is 0 Å². The first-order chi connectivity index (χ1) is 9.84. The van der Waals surface area contributed by atoms with Gasteiger partial charge in [0, 0.05) is 31.3 Å². The number of carbonyl (C=O) groups is 1. The van der Waals surface area contributed by atoms with E-state index in [1.54, 1.807) is 6.07 Å². The predicted octanol–water partition coefficient (Wildman–Crippen LogP) is 2.20. The molecule has 1 saturated heterocycles. The summed E-state index contributed by atoms with van der Waals surface area (Å²) in [4.78, 5) is 14.2. The summed E-state index contributed by atoms with van der Waals surface area (Å²) >= 11 is 0. The van der Waals surface area contributed by atoms with Crippen LogP contribution in [0.15, 0.2) is 40.9 Å². The van der Waals surface area contributed by atoms with Gasteiger partial charge in [-0.25, -0.2) is 0 Å². The Morgan fingerprint density at radius 2 is 2.00 bits per heavy atom. The molecule has 0 radical (unpaired) electrons. The van der Waals surface area contributed by atoms with Gasteiger partial charge in [-0.15, -0.1) is 12.4 Å². The van der Waals surface area contributed by atoms with E-state index in [1.807, 2.05) is 35.2 Å². The number of benzene rings is 1. The van der Waals surface area contributed by atoms with Crippen molar-refractivity contribution in [2.75, 3.05) is 26.2 Å². The number of halogens is 1. The van der Waals surface area contributed by atoms with Crippen molar-refractivity contribution in [1.82, 2.24) is 15.4 Å². The van der Waals surface area contributed by atoms with Crippen LogP contribution in [-0.4, -0.2) is 42.1 Å². The zero-order valence-electron chi connectivity index (χ0n) is 11.6. The van der Waals surface area contributed by atoms with Crippen LogP contribution in [0.4, 0.5) is 0 Å². The van der Waals surface area contributed by atoms with Gasteiger partial charge in [0.1, 0.15) is 5.69 Å². The maximum atomic E-state index is 12.4. The molecule has 0 bridgehead atoms. The molecular weight excluding hydrogens is 290 g/mol. The maximum absolute atomic E-state index is 12.4. The van der Waals surface area contributed by atoms with Gasteiger partial charge in [-0.3, -0.25) is 4.79 Å². The average molecular weight is 308 g/mol. The summed E-state index contributed by atoms with van der Waals surface area (Å²) in [5.41, 5.74) is 1.65. The second kappa shape index (κ2) is 7.24. The third-order valence-corrected chi connectivity index (χ3v) is 3.42. The number of aromatic nitrogens is 1. The van der Waals surface area contributed by atoms with Gasteiger partial charge in [-0.05, 0) is 13.0 Å². The Hall–Kier alpha value is -1.85. The van der Waals surface area contributed by atoms with Crippen molar-refractivity contribution >= 4 is 18.3 Å². The van der Waals surface area contributed by atoms with Gasteiger partial charge in [-0.1, -0.05) is 35.5 Å². The van der Waals surface area contributed by atoms with Crippen LogP contribution in [0.2, 0.25) is 0 Å². The van der Waals surface area contributed by atoms with Crippen molar-refractivity contribution in [3.63, 3.8) is 0 Å². The molecule has 1 amide bonds. The number of hydrogen-bond acceptors (Lipinski definition) is 4. The lowest BCUT2D eigenvalue weighted by atomic mass is 10.1. The molecular formula is C15H18ClN3O2. The lowest BCUT2D eigenvalue weighted by molar-refractivity contribution is 0.0724. The molecule has 0 aliphatic carbocycles. The number of carbonyl (C=O) groups excluding carboxylic acids is 1. The van der Waals surface area contributed by atoms with Gasteiger partial charge in [0.2, 0.25) is 5.76 Å². The van der Waals surface area contributed by atoms with E-state index in [4.69, 9.17) is 4.52 Å². The summed E-state index contributed by atoms with van der Waals surface area (Å²) in [6.07, 6.45) is 0.964. The number of amides is 1. The molecule has 3 rings (SSSR count). The first-order valence-electron chi connectivity index (χ1n) is 6.87. The fourth-order valence-corrected chi connectivity index (χ4v) is 2.33. The number of nitrogens with zero attached hydrogens (tertiary/aromatic N) is 2. The van der Waals surface area contributed by atoms with Crippen molar-refractivity contribution in [3.05, 3.63) is 42.2 Å². The summed E-state index contributed by atoms with van der Waals surface area (Å²) in [6, 6.07) is 11.4. The molecule has 2 heterocycles. The van der Waals surface area contributed by atoms with Crippen LogP contribution in [0.3, 0.4) is 0 Å². The van der Waals surface area contributed by atoms with Gasteiger partial charge in [-0.2, -0.15) is 0 Å². The van der Waals surface area contributed by atoms with Gasteiger partial charge >= 0.3 is 0 Å². The fourth-order valence-electron chi connectivity index (χ4n) is 2.33. The smallest absolute Gasteiger partial charge is 0.292 e. The highest BCUT2D eigenvalue weighted by Gasteiger charge is 2.21. The second-order valence-corrected chi connectivity index (χ2v) is 4.84. The first-order valence-corrected chi connectivity index (χ1v) is 6.87. The average Bonchev–Trinajstić information content (AvgIpc) is 2.83. The predicted molar refractivity (Wildman–Crippen MR) is 82.6 cm³/mol. The van der Waals surface area contributed by atoms with Crippen molar-refractivity contribution in [1.29, 1.82) is 0 Å². The van der Waals surface area contributed by atoms with E-state index >= 15 is 0 Å². The van der Waals surface area contributed by atoms with Gasteiger partial charge in [0.05, 0.1) is 0 Å². The highest BCUT2D eigenvalue weighted by Crippen LogP contribution is 2.19. The zero-order valence-corrected chi connectivity index (χ0v) is 12.4. The molecule has 2 aromatic rings. The van der Waals surface area contributed by atoms with Crippen molar-refractivity contribution < 1.29 is 9.32 Å². The topological polar surface area (TPSA) is 58.4 Å². The molecule has 1 aliphatic heterocycles. The van der Waals surface area contributed by atoms with E-state index in [9.17, 15) is 4.79 Å². The van der Waals surface area contributed by atoms with Crippen LogP contribution in [-0.2, 0) is 0 Å². The van der Waals surface area contributed by atoms with E-state index in [2.05, 4.69) is 10.5 Å². The zero-order chi connectivity index (χ0) is 13.8. The summed E-state index contributed by atoms with van der Waals surface area (Å²) in [6.45, 7) is 3.24. The summed E-state index contributed by atoms with van der Waals surface area (Å²) in [5.74, 6) is 0.231. The van der Waals surface area contributed by atoms with E-state index in [-0.39, 0.29) is 18.3 Å². The Balaban J connectivity index is 0.00000161. The molecule has 21 heavy (non-hydrogen) atoms. The van der Waals surface area contributed by atoms with E-state index in [1.165, 1.54) is 0 Å². The molecule has 1 aliphatic rings. The Morgan fingerprint density at radius 1 is 1.19 bits per heavy atom. The molecule has 1 aromatic carbocycles. The molecule has 0 atom stereocenters. The van der Waals surface area contributed by atoms with Crippen LogP contribution in [0.1, 0.15) is 17.0 Å². The Labute approximate surface area is 129 Å². The minimum Gasteiger partial charge on any atom is -0.350 e. The van der Waals surface area contributed by atoms with Gasteiger partial charge < -0.3 is 14.7 Å². The van der Waals surface area contributed by atoms with Crippen molar-refractivity contribution in [3.8, 4) is 11.3 Å². The second-order valence-electron chi connectivity index (χ2n) is 4.84. The molecule has 1 aromatic heterocycles. The molecule has 1 fully saturated rings. The standard InChI is InChI=1S/C15H17N3O2.ClH/c19-15(18-9-4-7-16-8-10-18)14-11-13(17-20-14)12-5-2-1-3-6-12;/h1-3,5-6,11,16H,4,7-10H2;1H. The summed E-state index contributed by atoms with van der Waals surface area (Å²) in [7, 11) is 0. The van der Waals surface area contributed by atoms with Crippen LogP contribution in [0, 0.1) is 0 Å². The molecule has 112 valence electrons. The Kier molecular flexibility index (Phi) is 5.36. The van der Waals surface area contributed by atoms with Gasteiger partial charge in [0.25, 0.3) is 5.91 Å². The van der Waals surface area contributed by atoms with Gasteiger partial charge in [0.15, 0.2) is 0 Å². The molecule has 5 nitrogen and oxygen atoms in total. The van der Waals surface area contributed by atoms with Crippen LogP contribution in [0.25, 0.3) is 11.3 Å². The maximum Gasteiger partial charge on any atom is 0.292 e. The van der Waals surface area contributed by atoms with E-state index in [0.717, 1.165) is 31.6 Å². The number of rotatable bonds is 2. The monoisotopic (exact) mass is 307 g/mol. The molecule has 1 N–H and O–H groups in total. The highest BCUT2D eigenvalue weighted by atomic mass is 35.5. The highest BCUT2D eigenvalue weighted by molar-refractivity contribution is 5.92. The normalized spacial score (nSPS) is 15.1. The quantitative estimate of drug-likeness (QED) is 0.924. The minimum absolute atomic E-state index is 0. The summed E-state index contributed by atoms with van der Waals surface area (Å²) in [5, 5.41) is 7.26. The lowest BCUT2D eigenvalue weighted by Gasteiger charge is -2.17. The number of nitrogens with one attached hydrogen (secondary N) is 1. The molecule has 0 unspecified atom stereocenters. The first kappa shape index (κ1) is 15.5. The van der Waals surface area contributed by atoms with E-state index < -0.39 is 0 Å². The fraction of sp³-hybridized carbons (Fsp3) is 0.333. The third kappa shape index (κ3) is 3.62. The Morgan fingerprint density at radius 3 is 2.81 bits per heavy atom. The summed E-state index contributed by atoms with van der Waals surface area (Å²) < 4.78 is 5.21. The minimum atomic E-state index is -0.0802. The number of hydrogen-bond donors (Lipinski definition) is 1. The lowest BCUT2D eigenvalue weighted by Crippen LogP contribution is -2.33. The van der Waals surface area contributed by atoms with Crippen LogP contribution >= 0.6 is 12.4 Å². The SMILES string of the molecule is Cl.O=C(c1cc(-c2ccccc2)no1)N1CCCNCC1. The third-order valence-electron chi connectivity index (χ3n) is 3.42. The Bertz CT molecular complexity index is 578.